The van der Waals surface area contributed by atoms with Crippen LogP contribution in [0.15, 0.2) is 24.5 Å². The van der Waals surface area contributed by atoms with E-state index in [1.165, 1.54) is 0 Å². The highest BCUT2D eigenvalue weighted by atomic mass is 32.2. The van der Waals surface area contributed by atoms with Crippen molar-refractivity contribution in [1.29, 1.82) is 5.26 Å². The molecular weight excluding hydrogens is 407 g/mol. The third-order valence-electron chi connectivity index (χ3n) is 2.22. The Morgan fingerprint density at radius 2 is 1.23 bits per heavy atom. The van der Waals surface area contributed by atoms with Gasteiger partial charge in [0.2, 0.25) is 0 Å². The van der Waals surface area contributed by atoms with Crippen LogP contribution < -0.4 is 5.32 Å². The van der Waals surface area contributed by atoms with Gasteiger partial charge in [-0.2, -0.15) is 24.7 Å². The maximum absolute atomic E-state index is 13.1. The van der Waals surface area contributed by atoms with Crippen molar-refractivity contribution in [3.05, 3.63) is 5.56 Å². The minimum Gasteiger partial charge on any atom is -0.339 e. The normalized spacial score (nSPS) is 10.4. The van der Waals surface area contributed by atoms with Crippen molar-refractivity contribution in [3.8, 4) is 6.07 Å². The molecule has 0 unspecified atom stereocenters. The second kappa shape index (κ2) is 9.66. The Labute approximate surface area is 144 Å². The summed E-state index contributed by atoms with van der Waals surface area (Å²) >= 11 is -3.02. The Kier molecular flexibility index (Phi) is 8.62. The summed E-state index contributed by atoms with van der Waals surface area (Å²) in [7, 11) is 0. The second-order valence-electron chi connectivity index (χ2n) is 3.25. The van der Waals surface area contributed by atoms with Crippen LogP contribution in [-0.4, -0.2) is 12.5 Å². The minimum atomic E-state index is -1.11. The Morgan fingerprint density at radius 3 is 1.55 bits per heavy atom. The number of rotatable bonds is 7. The first-order chi connectivity index (χ1) is 10.6. The number of benzene rings is 1. The molecule has 1 aromatic carbocycles. The molecule has 120 valence electrons. The number of nitrogens with zero attached hydrogens (tertiary/aromatic N) is 1. The Balaban J connectivity index is 3.71. The first-order valence-corrected chi connectivity index (χ1v) is 8.51. The van der Waals surface area contributed by atoms with Crippen LogP contribution >= 0.6 is 60.7 Å². The zero-order valence-electron chi connectivity index (χ0n) is 9.99. The summed E-state index contributed by atoms with van der Waals surface area (Å²) in [5.41, 5.74) is -0.701. The Hall–Kier alpha value is -0.420. The van der Waals surface area contributed by atoms with Gasteiger partial charge in [-0.15, -0.1) is 0 Å². The van der Waals surface area contributed by atoms with Gasteiger partial charge in [-0.05, 0) is 0 Å². The van der Waals surface area contributed by atoms with E-state index < -0.39 is 103 Å². The molecule has 0 bridgehead atoms. The molecule has 1 N–H and O–H groups in total. The van der Waals surface area contributed by atoms with Crippen molar-refractivity contribution in [2.75, 3.05) is 6.54 Å². The summed E-state index contributed by atoms with van der Waals surface area (Å²) in [6.45, 7) is -0.485. The molecule has 0 atom stereocenters. The van der Waals surface area contributed by atoms with Crippen LogP contribution in [0.2, 0.25) is 0 Å². The average Bonchev–Trinajstić information content (AvgIpc) is 2.56. The van der Waals surface area contributed by atoms with Crippen molar-refractivity contribution in [1.82, 2.24) is 5.32 Å². The summed E-state index contributed by atoms with van der Waals surface area (Å²) in [5, 5.41) is 10.4. The lowest BCUT2D eigenvalue weighted by atomic mass is 10.2. The van der Waals surface area contributed by atoms with E-state index in [9.17, 15) is 24.2 Å². The standard InChI is InChI=1S/C9H3F5N2OS5/c10-18-4-3(9(17)16-2-1-15)5(19-11)7(21-13)8(22-14)6(4)20-12/h2H2,(H,16,17). The first kappa shape index (κ1) is 19.6. The lowest BCUT2D eigenvalue weighted by molar-refractivity contribution is 0.0951. The third kappa shape index (κ3) is 3.91. The van der Waals surface area contributed by atoms with Crippen LogP contribution in [-0.2, 0) is 0 Å². The maximum Gasteiger partial charge on any atom is 0.254 e. The summed E-state index contributed by atoms with van der Waals surface area (Å²) in [6, 6.07) is 1.57. The van der Waals surface area contributed by atoms with Gasteiger partial charge in [-0.1, -0.05) is 0 Å². The number of amides is 1. The number of nitrogens with one attached hydrogen (secondary N) is 1. The van der Waals surface area contributed by atoms with Gasteiger partial charge in [-0.3, -0.25) is 4.79 Å². The van der Waals surface area contributed by atoms with Crippen LogP contribution in [0.5, 0.6) is 0 Å². The fourth-order valence-electron chi connectivity index (χ4n) is 1.41. The SMILES string of the molecule is N#CCNC(=O)c1c(SF)c(SF)c(SF)c(SF)c1SF. The first-order valence-electron chi connectivity index (χ1n) is 4.93. The molecular formula is C9H3F5N2OS5. The summed E-state index contributed by atoms with van der Waals surface area (Å²) in [6.07, 6.45) is 0. The molecule has 13 heteroatoms. The minimum absolute atomic E-state index is 0.485. The molecule has 0 aliphatic heterocycles. The molecule has 1 aromatic rings. The van der Waals surface area contributed by atoms with Crippen molar-refractivity contribution < 1.29 is 24.2 Å². The van der Waals surface area contributed by atoms with Crippen molar-refractivity contribution in [3.63, 3.8) is 0 Å². The van der Waals surface area contributed by atoms with Crippen LogP contribution in [0.4, 0.5) is 19.4 Å². The van der Waals surface area contributed by atoms with Crippen LogP contribution in [0.25, 0.3) is 0 Å². The molecule has 0 saturated carbocycles. The zero-order valence-corrected chi connectivity index (χ0v) is 14.1. The van der Waals surface area contributed by atoms with Crippen molar-refractivity contribution >= 4 is 66.6 Å². The molecule has 0 saturated heterocycles. The van der Waals surface area contributed by atoms with Gasteiger partial charge < -0.3 is 5.32 Å². The average molecular weight is 410 g/mol. The van der Waals surface area contributed by atoms with Gasteiger partial charge in [0, 0.05) is 0 Å². The van der Waals surface area contributed by atoms with Gasteiger partial charge in [0.05, 0.1) is 96.8 Å². The largest absolute Gasteiger partial charge is 0.339 e. The van der Waals surface area contributed by atoms with Crippen LogP contribution in [0.3, 0.4) is 0 Å². The quantitative estimate of drug-likeness (QED) is 0.449. The van der Waals surface area contributed by atoms with Gasteiger partial charge in [-0.25, -0.2) is 0 Å². The molecule has 22 heavy (non-hydrogen) atoms. The number of halogens is 5. The lowest BCUT2D eigenvalue weighted by Gasteiger charge is -2.16. The molecule has 0 fully saturated rings. The molecule has 1 amide bonds. The number of carbonyl (C=O) groups is 1. The molecule has 0 aliphatic rings. The van der Waals surface area contributed by atoms with E-state index in [1.807, 2.05) is 5.32 Å². The molecule has 0 aromatic heterocycles. The van der Waals surface area contributed by atoms with E-state index in [4.69, 9.17) is 5.26 Å². The van der Waals surface area contributed by atoms with Crippen LogP contribution in [0.1, 0.15) is 10.4 Å². The second-order valence-corrected chi connectivity index (χ2v) is 6.06. The third-order valence-corrected chi connectivity index (χ3v) is 5.55. The monoisotopic (exact) mass is 410 g/mol. The van der Waals surface area contributed by atoms with E-state index in [1.54, 1.807) is 6.07 Å². The smallest absolute Gasteiger partial charge is 0.254 e. The topological polar surface area (TPSA) is 52.9 Å². The van der Waals surface area contributed by atoms with Gasteiger partial charge in [0.25, 0.3) is 5.91 Å². The molecule has 0 heterocycles. The Morgan fingerprint density at radius 1 is 0.864 bits per heavy atom. The van der Waals surface area contributed by atoms with E-state index in [0.717, 1.165) is 0 Å². The summed E-state index contributed by atoms with van der Waals surface area (Å²) < 4.78 is 65.2. The molecule has 0 radical (unpaired) electrons. The molecule has 0 spiro atoms. The fraction of sp³-hybridized carbons (Fsp3) is 0.111. The maximum atomic E-state index is 13.1. The fourth-order valence-corrected chi connectivity index (χ4v) is 4.35. The van der Waals surface area contributed by atoms with E-state index in [-0.39, 0.29) is 0 Å². The van der Waals surface area contributed by atoms with E-state index >= 15 is 0 Å². The predicted octanol–water partition coefficient (Wildman–Crippen LogP) is 5.82. The molecule has 1 rings (SSSR count). The summed E-state index contributed by atoms with van der Waals surface area (Å²) in [5.74, 6) is -1.11. The van der Waals surface area contributed by atoms with Crippen LogP contribution in [0, 0.1) is 11.3 Å². The van der Waals surface area contributed by atoms with E-state index in [0.29, 0.717) is 0 Å². The summed E-state index contributed by atoms with van der Waals surface area (Å²) in [4.78, 5) is 8.50. The van der Waals surface area contributed by atoms with Gasteiger partial charge in [0.15, 0.2) is 0 Å². The number of carbonyl (C=O) groups excluding carboxylic acids is 1. The number of hydrogen-bond acceptors (Lipinski definition) is 7. The van der Waals surface area contributed by atoms with E-state index in [2.05, 4.69) is 0 Å². The Bertz CT molecular complexity index is 578. The lowest BCUT2D eigenvalue weighted by Crippen LogP contribution is -2.25. The highest BCUT2D eigenvalue weighted by molar-refractivity contribution is 8.00. The number of nitriles is 1. The predicted molar refractivity (Wildman–Crippen MR) is 79.2 cm³/mol. The van der Waals surface area contributed by atoms with Crippen molar-refractivity contribution in [2.45, 2.75) is 24.5 Å². The molecule has 3 nitrogen and oxygen atoms in total. The van der Waals surface area contributed by atoms with Gasteiger partial charge >= 0.3 is 0 Å². The highest BCUT2D eigenvalue weighted by Crippen LogP contribution is 2.52. The number of hydrogen-bond donors (Lipinski definition) is 1. The van der Waals surface area contributed by atoms with Crippen molar-refractivity contribution in [2.24, 2.45) is 0 Å². The molecule has 0 aliphatic carbocycles. The zero-order chi connectivity index (χ0) is 16.7. The van der Waals surface area contributed by atoms with Gasteiger partial charge in [0.1, 0.15) is 6.54 Å². The highest BCUT2D eigenvalue weighted by Gasteiger charge is 2.31.